The summed E-state index contributed by atoms with van der Waals surface area (Å²) in [6.07, 6.45) is 3.76. The molecule has 0 saturated carbocycles. The first kappa shape index (κ1) is 16.3. The number of fused-ring (bicyclic) bond motifs is 2. The first-order chi connectivity index (χ1) is 11.5. The second-order valence-electron chi connectivity index (χ2n) is 6.44. The van der Waals surface area contributed by atoms with Gasteiger partial charge >= 0.3 is 0 Å². The van der Waals surface area contributed by atoms with E-state index in [1.54, 1.807) is 0 Å². The molecular weight excluding hydrogens is 370 g/mol. The molecule has 3 heterocycles. The van der Waals surface area contributed by atoms with Gasteiger partial charge in [0.15, 0.2) is 5.69 Å². The van der Waals surface area contributed by atoms with Gasteiger partial charge in [0.2, 0.25) is 0 Å². The van der Waals surface area contributed by atoms with E-state index in [9.17, 15) is 9.18 Å². The Morgan fingerprint density at radius 3 is 2.33 bits per heavy atom. The first-order valence-electron chi connectivity index (χ1n) is 7.93. The third-order valence-corrected chi connectivity index (χ3v) is 6.72. The third kappa shape index (κ3) is 2.72. The van der Waals surface area contributed by atoms with E-state index in [1.807, 2.05) is 17.0 Å². The quantitative estimate of drug-likeness (QED) is 0.717. The van der Waals surface area contributed by atoms with Gasteiger partial charge in [-0.15, -0.1) is 0 Å². The Hall–Kier alpha value is -1.17. The Bertz CT molecular complexity index is 765. The lowest BCUT2D eigenvalue weighted by atomic mass is 9.85. The zero-order chi connectivity index (χ0) is 16.8. The summed E-state index contributed by atoms with van der Waals surface area (Å²) in [5.74, 6) is 0.0271. The van der Waals surface area contributed by atoms with Crippen molar-refractivity contribution in [3.8, 4) is 0 Å². The second-order valence-corrected chi connectivity index (χ2v) is 8.19. The smallest absolute Gasteiger partial charge is 0.275 e. The lowest BCUT2D eigenvalue weighted by molar-refractivity contribution is 0.0567. The summed E-state index contributed by atoms with van der Waals surface area (Å²) in [5.41, 5.74) is 1.42. The fourth-order valence-corrected chi connectivity index (χ4v) is 5.02. The van der Waals surface area contributed by atoms with Crippen molar-refractivity contribution in [2.24, 2.45) is 0 Å². The van der Waals surface area contributed by atoms with Gasteiger partial charge in [0.05, 0.1) is 0 Å². The molecule has 2 aliphatic rings. The summed E-state index contributed by atoms with van der Waals surface area (Å²) < 4.78 is 17.6. The van der Waals surface area contributed by atoms with Crippen LogP contribution in [-0.4, -0.2) is 27.3 Å². The number of aromatic nitrogens is 1. The van der Waals surface area contributed by atoms with Gasteiger partial charge in [0.25, 0.3) is 5.91 Å². The van der Waals surface area contributed by atoms with E-state index in [0.717, 1.165) is 42.8 Å². The van der Waals surface area contributed by atoms with E-state index in [2.05, 4.69) is 4.37 Å². The number of rotatable bonds is 2. The molecule has 2 fully saturated rings. The molecule has 2 saturated heterocycles. The van der Waals surface area contributed by atoms with Gasteiger partial charge in [0.1, 0.15) is 15.2 Å². The number of halogens is 3. The summed E-state index contributed by atoms with van der Waals surface area (Å²) >= 11 is 13.1. The second kappa shape index (κ2) is 6.28. The molecule has 2 aliphatic heterocycles. The van der Waals surface area contributed by atoms with E-state index >= 15 is 0 Å². The maximum absolute atomic E-state index is 13.1. The van der Waals surface area contributed by atoms with Crippen LogP contribution in [0.3, 0.4) is 0 Å². The molecule has 4 rings (SSSR count). The topological polar surface area (TPSA) is 33.2 Å². The number of hydrogen-bond donors (Lipinski definition) is 0. The van der Waals surface area contributed by atoms with Gasteiger partial charge in [-0.3, -0.25) is 4.79 Å². The van der Waals surface area contributed by atoms with Crippen molar-refractivity contribution in [2.45, 2.75) is 43.7 Å². The van der Waals surface area contributed by atoms with Gasteiger partial charge in [-0.2, -0.15) is 4.37 Å². The van der Waals surface area contributed by atoms with E-state index in [-0.39, 0.29) is 34.5 Å². The number of amides is 1. The van der Waals surface area contributed by atoms with Gasteiger partial charge in [-0.1, -0.05) is 35.3 Å². The Labute approximate surface area is 153 Å². The van der Waals surface area contributed by atoms with Crippen LogP contribution in [0.25, 0.3) is 0 Å². The summed E-state index contributed by atoms with van der Waals surface area (Å²) in [6.45, 7) is 0. The van der Waals surface area contributed by atoms with Crippen molar-refractivity contribution in [2.75, 3.05) is 0 Å². The zero-order valence-corrected chi connectivity index (χ0v) is 15.0. The van der Waals surface area contributed by atoms with Gasteiger partial charge in [-0.25, -0.2) is 4.39 Å². The van der Waals surface area contributed by atoms with Crippen molar-refractivity contribution in [1.82, 2.24) is 9.27 Å². The summed E-state index contributed by atoms with van der Waals surface area (Å²) in [6, 6.07) is 7.09. The lowest BCUT2D eigenvalue weighted by Crippen LogP contribution is -2.46. The molecule has 1 aromatic carbocycles. The normalized spacial score (nSPS) is 26.0. The van der Waals surface area contributed by atoms with Gasteiger partial charge < -0.3 is 4.90 Å². The molecule has 2 aromatic rings. The average molecular weight is 385 g/mol. The SMILES string of the molecule is O=C(c1nsc(Cl)c1Cl)N1[C@@H]2CC[C@H]1C[C@@H](c1ccc(F)cc1)C2. The predicted molar refractivity (Wildman–Crippen MR) is 93.5 cm³/mol. The number of nitrogens with zero attached hydrogens (tertiary/aromatic N) is 2. The molecule has 24 heavy (non-hydrogen) atoms. The van der Waals surface area contributed by atoms with Crippen molar-refractivity contribution in [1.29, 1.82) is 0 Å². The van der Waals surface area contributed by atoms with Crippen LogP contribution in [0.1, 0.15) is 47.7 Å². The molecule has 0 spiro atoms. The van der Waals surface area contributed by atoms with Crippen LogP contribution in [0.2, 0.25) is 9.36 Å². The maximum atomic E-state index is 13.1. The van der Waals surface area contributed by atoms with Crippen molar-refractivity contribution >= 4 is 40.6 Å². The standard InChI is InChI=1S/C17H15Cl2FN2OS/c18-14-15(21-24-16(14)19)17(23)22-12-5-6-13(22)8-10(7-12)9-1-3-11(20)4-2-9/h1-4,10,12-13H,5-8H2/t10-,12+,13-. The van der Waals surface area contributed by atoms with E-state index < -0.39 is 0 Å². The molecule has 0 N–H and O–H groups in total. The molecule has 0 radical (unpaired) electrons. The maximum Gasteiger partial charge on any atom is 0.275 e. The summed E-state index contributed by atoms with van der Waals surface area (Å²) in [7, 11) is 0. The fourth-order valence-electron chi connectivity index (χ4n) is 4.03. The van der Waals surface area contributed by atoms with Crippen LogP contribution in [0.15, 0.2) is 24.3 Å². The van der Waals surface area contributed by atoms with E-state index in [1.165, 1.54) is 12.1 Å². The number of hydrogen-bond acceptors (Lipinski definition) is 3. The highest BCUT2D eigenvalue weighted by Crippen LogP contribution is 2.44. The molecule has 0 aliphatic carbocycles. The van der Waals surface area contributed by atoms with E-state index in [0.29, 0.717) is 10.3 Å². The molecule has 3 nitrogen and oxygen atoms in total. The molecule has 2 bridgehead atoms. The molecule has 126 valence electrons. The molecule has 3 atom stereocenters. The van der Waals surface area contributed by atoms with Crippen molar-refractivity contribution < 1.29 is 9.18 Å². The number of piperidine rings is 1. The van der Waals surface area contributed by atoms with Crippen LogP contribution in [0.5, 0.6) is 0 Å². The average Bonchev–Trinajstić information content (AvgIpc) is 3.04. The Morgan fingerprint density at radius 2 is 1.79 bits per heavy atom. The molecule has 1 amide bonds. The number of carbonyl (C=O) groups is 1. The number of benzene rings is 1. The molecule has 0 unspecified atom stereocenters. The Kier molecular flexibility index (Phi) is 4.27. The zero-order valence-electron chi connectivity index (χ0n) is 12.7. The molecular formula is C17H15Cl2FN2OS. The Balaban J connectivity index is 1.56. The minimum atomic E-state index is -0.218. The summed E-state index contributed by atoms with van der Waals surface area (Å²) in [5, 5.41) is 0.256. The highest BCUT2D eigenvalue weighted by atomic mass is 35.5. The van der Waals surface area contributed by atoms with E-state index in [4.69, 9.17) is 23.2 Å². The molecule has 1 aromatic heterocycles. The lowest BCUT2D eigenvalue weighted by Gasteiger charge is -2.39. The Morgan fingerprint density at radius 1 is 1.17 bits per heavy atom. The van der Waals surface area contributed by atoms with Crippen molar-refractivity contribution in [3.63, 3.8) is 0 Å². The third-order valence-electron chi connectivity index (χ3n) is 5.11. The minimum absolute atomic E-state index is 0.117. The molecule has 7 heteroatoms. The summed E-state index contributed by atoms with van der Waals surface area (Å²) in [4.78, 5) is 14.8. The first-order valence-corrected chi connectivity index (χ1v) is 9.46. The van der Waals surface area contributed by atoms with Gasteiger partial charge in [0, 0.05) is 12.1 Å². The largest absolute Gasteiger partial charge is 0.331 e. The van der Waals surface area contributed by atoms with Crippen LogP contribution >= 0.6 is 34.7 Å². The van der Waals surface area contributed by atoms with Crippen LogP contribution in [0, 0.1) is 5.82 Å². The predicted octanol–water partition coefficient (Wildman–Crippen LogP) is 5.14. The van der Waals surface area contributed by atoms with Crippen LogP contribution in [-0.2, 0) is 0 Å². The van der Waals surface area contributed by atoms with Crippen LogP contribution in [0.4, 0.5) is 4.39 Å². The van der Waals surface area contributed by atoms with Crippen LogP contribution < -0.4 is 0 Å². The highest BCUT2D eigenvalue weighted by Gasteiger charge is 2.44. The van der Waals surface area contributed by atoms with Crippen molar-refractivity contribution in [3.05, 3.63) is 50.7 Å². The number of carbonyl (C=O) groups excluding carboxylic acids is 1. The monoisotopic (exact) mass is 384 g/mol. The highest BCUT2D eigenvalue weighted by molar-refractivity contribution is 7.11. The minimum Gasteiger partial charge on any atom is -0.331 e. The van der Waals surface area contributed by atoms with Gasteiger partial charge in [-0.05, 0) is 60.8 Å². The fraction of sp³-hybridized carbons (Fsp3) is 0.412.